The van der Waals surface area contributed by atoms with Crippen molar-refractivity contribution < 1.29 is 23.6 Å². The van der Waals surface area contributed by atoms with E-state index >= 15 is 0 Å². The number of nitrogens with zero attached hydrogens (tertiary/aromatic N) is 2. The maximum atomic E-state index is 12.5. The second-order valence-corrected chi connectivity index (χ2v) is 7.65. The Bertz CT molecular complexity index is 1070. The lowest BCUT2D eigenvalue weighted by Gasteiger charge is -2.16. The lowest BCUT2D eigenvalue weighted by Crippen LogP contribution is -2.42. The van der Waals surface area contributed by atoms with Gasteiger partial charge in [-0.2, -0.15) is 0 Å². The van der Waals surface area contributed by atoms with E-state index in [-0.39, 0.29) is 6.54 Å². The fraction of sp³-hybridized carbons (Fsp3) is 0.200. The van der Waals surface area contributed by atoms with E-state index < -0.39 is 36.3 Å². The molecule has 0 spiro atoms. The Morgan fingerprint density at radius 3 is 2.59 bits per heavy atom. The van der Waals surface area contributed by atoms with Crippen molar-refractivity contribution in [2.45, 2.75) is 19.5 Å². The number of imide groups is 2. The molecule has 1 aliphatic heterocycles. The molecule has 3 heterocycles. The minimum atomic E-state index is -1.00. The van der Waals surface area contributed by atoms with E-state index in [1.807, 2.05) is 35.7 Å². The Morgan fingerprint density at radius 2 is 1.86 bits per heavy atom. The van der Waals surface area contributed by atoms with E-state index in [4.69, 9.17) is 4.42 Å². The summed E-state index contributed by atoms with van der Waals surface area (Å²) in [6.45, 7) is 1.21. The predicted octanol–water partition coefficient (Wildman–Crippen LogP) is 2.66. The van der Waals surface area contributed by atoms with Crippen molar-refractivity contribution in [1.29, 1.82) is 0 Å². The van der Waals surface area contributed by atoms with Gasteiger partial charge in [0.05, 0.1) is 12.6 Å². The number of amides is 5. The third kappa shape index (κ3) is 3.64. The van der Waals surface area contributed by atoms with Crippen LogP contribution >= 0.6 is 11.3 Å². The molecule has 1 aliphatic rings. The van der Waals surface area contributed by atoms with Gasteiger partial charge in [-0.15, -0.1) is 11.3 Å². The third-order valence-corrected chi connectivity index (χ3v) is 5.44. The Kier molecular flexibility index (Phi) is 4.89. The van der Waals surface area contributed by atoms with E-state index in [0.29, 0.717) is 16.2 Å². The van der Waals surface area contributed by atoms with Gasteiger partial charge in [-0.3, -0.25) is 19.3 Å². The minimum Gasteiger partial charge on any atom is -0.459 e. The molecule has 1 fully saturated rings. The number of hydrogen-bond acceptors (Lipinski definition) is 6. The standard InChI is InChI=1S/C20H17N3O5S/c1-12(16-9-13-5-2-3-7-15(13)28-16)21-17(24)11-23-19(26)18(25)22(20(23)27)10-14-6-4-8-29-14/h2-9,12H,10-11H2,1H3,(H,21,24). The first-order valence-electron chi connectivity index (χ1n) is 8.91. The maximum absolute atomic E-state index is 12.5. The molecule has 0 saturated carbocycles. The van der Waals surface area contributed by atoms with E-state index in [1.54, 1.807) is 19.1 Å². The minimum absolute atomic E-state index is 0.00851. The van der Waals surface area contributed by atoms with Gasteiger partial charge in [0.15, 0.2) is 0 Å². The van der Waals surface area contributed by atoms with Crippen molar-refractivity contribution in [2.24, 2.45) is 0 Å². The number of urea groups is 1. The van der Waals surface area contributed by atoms with Crippen LogP contribution in [-0.2, 0) is 20.9 Å². The first-order valence-corrected chi connectivity index (χ1v) is 9.79. The van der Waals surface area contributed by atoms with Crippen molar-refractivity contribution in [3.8, 4) is 0 Å². The summed E-state index contributed by atoms with van der Waals surface area (Å²) >= 11 is 1.37. The Hall–Kier alpha value is -3.46. The van der Waals surface area contributed by atoms with E-state index in [9.17, 15) is 19.2 Å². The zero-order valence-corrected chi connectivity index (χ0v) is 16.3. The highest BCUT2D eigenvalue weighted by Gasteiger charge is 2.45. The highest BCUT2D eigenvalue weighted by molar-refractivity contribution is 7.09. The average molecular weight is 411 g/mol. The van der Waals surface area contributed by atoms with Crippen molar-refractivity contribution in [2.75, 3.05) is 6.54 Å². The molecule has 1 atom stereocenters. The summed E-state index contributed by atoms with van der Waals surface area (Å²) in [5, 5.41) is 5.41. The van der Waals surface area contributed by atoms with Crippen LogP contribution in [-0.4, -0.2) is 40.1 Å². The first-order chi connectivity index (χ1) is 13.9. The molecule has 2 aromatic heterocycles. The van der Waals surface area contributed by atoms with Gasteiger partial charge in [-0.05, 0) is 30.5 Å². The largest absolute Gasteiger partial charge is 0.459 e. The van der Waals surface area contributed by atoms with Crippen molar-refractivity contribution in [3.05, 3.63) is 58.5 Å². The van der Waals surface area contributed by atoms with Crippen molar-refractivity contribution in [3.63, 3.8) is 0 Å². The fourth-order valence-electron chi connectivity index (χ4n) is 3.11. The third-order valence-electron chi connectivity index (χ3n) is 4.58. The number of carbonyl (C=O) groups is 4. The molecular weight excluding hydrogens is 394 g/mol. The fourth-order valence-corrected chi connectivity index (χ4v) is 3.80. The Balaban J connectivity index is 1.41. The average Bonchev–Trinajstić information content (AvgIpc) is 3.41. The summed E-state index contributed by atoms with van der Waals surface area (Å²) in [6, 6.07) is 11.6. The number of fused-ring (bicyclic) bond motifs is 1. The van der Waals surface area contributed by atoms with Gasteiger partial charge in [0.25, 0.3) is 0 Å². The van der Waals surface area contributed by atoms with Gasteiger partial charge in [-0.1, -0.05) is 24.3 Å². The van der Waals surface area contributed by atoms with Crippen LogP contribution in [0.5, 0.6) is 0 Å². The van der Waals surface area contributed by atoms with Crippen LogP contribution < -0.4 is 5.32 Å². The summed E-state index contributed by atoms with van der Waals surface area (Å²) in [4.78, 5) is 51.5. The van der Waals surface area contributed by atoms with Crippen LogP contribution in [0.3, 0.4) is 0 Å². The van der Waals surface area contributed by atoms with Gasteiger partial charge in [-0.25, -0.2) is 9.69 Å². The maximum Gasteiger partial charge on any atom is 0.335 e. The van der Waals surface area contributed by atoms with Crippen LogP contribution in [0.2, 0.25) is 0 Å². The molecule has 3 aromatic rings. The molecule has 9 heteroatoms. The van der Waals surface area contributed by atoms with Crippen molar-refractivity contribution >= 4 is 46.1 Å². The van der Waals surface area contributed by atoms with E-state index in [1.165, 1.54) is 11.3 Å². The topological polar surface area (TPSA) is 99.9 Å². The molecule has 0 bridgehead atoms. The van der Waals surface area contributed by atoms with Gasteiger partial charge in [0.2, 0.25) is 5.91 Å². The van der Waals surface area contributed by atoms with Gasteiger partial charge >= 0.3 is 17.8 Å². The highest BCUT2D eigenvalue weighted by Crippen LogP contribution is 2.24. The number of nitrogens with one attached hydrogen (secondary N) is 1. The zero-order valence-electron chi connectivity index (χ0n) is 15.5. The van der Waals surface area contributed by atoms with Crippen LogP contribution in [0, 0.1) is 0 Å². The molecule has 29 heavy (non-hydrogen) atoms. The number of thiophene rings is 1. The SMILES string of the molecule is CC(NC(=O)CN1C(=O)C(=O)N(Cc2cccs2)C1=O)c1cc2ccccc2o1. The van der Waals surface area contributed by atoms with Gasteiger partial charge < -0.3 is 9.73 Å². The van der Waals surface area contributed by atoms with Crippen LogP contribution in [0.15, 0.2) is 52.3 Å². The van der Waals surface area contributed by atoms with Crippen LogP contribution in [0.25, 0.3) is 11.0 Å². The first kappa shape index (κ1) is 18.9. The molecule has 1 saturated heterocycles. The Morgan fingerprint density at radius 1 is 1.10 bits per heavy atom. The molecule has 0 aliphatic carbocycles. The summed E-state index contributed by atoms with van der Waals surface area (Å²) < 4.78 is 5.71. The van der Waals surface area contributed by atoms with E-state index in [0.717, 1.165) is 15.2 Å². The van der Waals surface area contributed by atoms with Gasteiger partial charge in [0, 0.05) is 10.3 Å². The summed E-state index contributed by atoms with van der Waals surface area (Å²) in [5.74, 6) is -1.95. The quantitative estimate of drug-likeness (QED) is 0.497. The Labute approximate surface area is 169 Å². The summed E-state index contributed by atoms with van der Waals surface area (Å²) in [5.41, 5.74) is 0.698. The summed E-state index contributed by atoms with van der Waals surface area (Å²) in [6.07, 6.45) is 0. The number of hydrogen-bond donors (Lipinski definition) is 1. The molecular formula is C20H17N3O5S. The molecule has 1 aromatic carbocycles. The number of para-hydroxylation sites is 1. The second kappa shape index (κ2) is 7.51. The molecule has 148 valence electrons. The van der Waals surface area contributed by atoms with Crippen LogP contribution in [0.4, 0.5) is 4.79 Å². The van der Waals surface area contributed by atoms with E-state index in [2.05, 4.69) is 5.32 Å². The molecule has 1 N–H and O–H groups in total. The number of benzene rings is 1. The normalized spacial score (nSPS) is 15.4. The number of rotatable bonds is 6. The number of carbonyl (C=O) groups excluding carboxylic acids is 4. The smallest absolute Gasteiger partial charge is 0.335 e. The molecule has 1 unspecified atom stereocenters. The van der Waals surface area contributed by atoms with Gasteiger partial charge in [0.1, 0.15) is 17.9 Å². The monoisotopic (exact) mass is 411 g/mol. The number of furan rings is 1. The lowest BCUT2D eigenvalue weighted by atomic mass is 10.2. The predicted molar refractivity (Wildman–Crippen MR) is 105 cm³/mol. The van der Waals surface area contributed by atoms with Crippen molar-refractivity contribution in [1.82, 2.24) is 15.1 Å². The molecule has 8 nitrogen and oxygen atoms in total. The zero-order chi connectivity index (χ0) is 20.5. The van der Waals surface area contributed by atoms with Crippen LogP contribution in [0.1, 0.15) is 23.6 Å². The molecule has 0 radical (unpaired) electrons. The lowest BCUT2D eigenvalue weighted by molar-refractivity contribution is -0.144. The second-order valence-electron chi connectivity index (χ2n) is 6.62. The molecule has 4 rings (SSSR count). The highest BCUT2D eigenvalue weighted by atomic mass is 32.1. The molecule has 5 amide bonds. The summed E-state index contributed by atoms with van der Waals surface area (Å²) in [7, 11) is 0.